The number of amides is 1. The smallest absolute Gasteiger partial charge is 0.237 e. The third kappa shape index (κ3) is 5.28. The molecule has 0 fully saturated rings. The van der Waals surface area contributed by atoms with Gasteiger partial charge in [0.1, 0.15) is 5.82 Å². The van der Waals surface area contributed by atoms with E-state index in [1.807, 2.05) is 49.1 Å². The lowest BCUT2D eigenvalue weighted by Gasteiger charge is -2.17. The highest BCUT2D eigenvalue weighted by Crippen LogP contribution is 2.19. The number of fused-ring (bicyclic) bond motifs is 1. The molecule has 0 aliphatic heterocycles. The van der Waals surface area contributed by atoms with E-state index in [0.717, 1.165) is 22.6 Å². The maximum absolute atomic E-state index is 12.1. The van der Waals surface area contributed by atoms with Crippen LogP contribution in [0, 0.1) is 0 Å². The highest BCUT2D eigenvalue weighted by molar-refractivity contribution is 7.98. The maximum atomic E-state index is 12.1. The average molecular weight is 379 g/mol. The minimum atomic E-state index is -0.463. The van der Waals surface area contributed by atoms with Crippen molar-refractivity contribution in [3.05, 3.63) is 30.1 Å². The van der Waals surface area contributed by atoms with Crippen LogP contribution < -0.4 is 11.1 Å². The molecule has 2 aromatic rings. The number of benzene rings is 1. The Labute approximate surface area is 153 Å². The van der Waals surface area contributed by atoms with Crippen molar-refractivity contribution in [1.29, 1.82) is 0 Å². The Morgan fingerprint density at radius 3 is 2.65 bits per heavy atom. The Morgan fingerprint density at radius 2 is 2.04 bits per heavy atom. The number of aromatic nitrogens is 2. The summed E-state index contributed by atoms with van der Waals surface area (Å²) < 4.78 is 2.01. The van der Waals surface area contributed by atoms with Gasteiger partial charge in [0.2, 0.25) is 5.91 Å². The summed E-state index contributed by atoms with van der Waals surface area (Å²) in [6.45, 7) is 1.93. The number of halogens is 2. The van der Waals surface area contributed by atoms with Crippen molar-refractivity contribution < 1.29 is 4.79 Å². The van der Waals surface area contributed by atoms with Gasteiger partial charge in [-0.2, -0.15) is 11.8 Å². The van der Waals surface area contributed by atoms with Crippen molar-refractivity contribution in [2.24, 2.45) is 12.8 Å². The molecule has 0 aliphatic rings. The number of carbonyl (C=O) groups excluding carboxylic acids is 1. The number of imidazole rings is 1. The summed E-state index contributed by atoms with van der Waals surface area (Å²) in [5.74, 6) is 1.60. The van der Waals surface area contributed by atoms with E-state index in [2.05, 4.69) is 10.3 Å². The fraction of sp³-hybridized carbons (Fsp3) is 0.467. The van der Waals surface area contributed by atoms with Gasteiger partial charge in [-0.05, 0) is 37.5 Å². The van der Waals surface area contributed by atoms with Crippen LogP contribution in [0.4, 0.5) is 0 Å². The zero-order chi connectivity index (χ0) is 15.4. The first-order chi connectivity index (χ1) is 10.0. The van der Waals surface area contributed by atoms with Gasteiger partial charge >= 0.3 is 0 Å². The zero-order valence-electron chi connectivity index (χ0n) is 13.5. The quantitative estimate of drug-likeness (QED) is 0.810. The molecule has 130 valence electrons. The van der Waals surface area contributed by atoms with E-state index in [4.69, 9.17) is 5.73 Å². The summed E-state index contributed by atoms with van der Waals surface area (Å²) >= 11 is 1.69. The second kappa shape index (κ2) is 10.0. The summed E-state index contributed by atoms with van der Waals surface area (Å²) in [5.41, 5.74) is 7.88. The molecule has 2 rings (SSSR count). The van der Waals surface area contributed by atoms with Gasteiger partial charge in [-0.1, -0.05) is 12.1 Å². The van der Waals surface area contributed by atoms with E-state index in [-0.39, 0.29) is 36.8 Å². The van der Waals surface area contributed by atoms with Crippen molar-refractivity contribution >= 4 is 53.5 Å². The second-order valence-electron chi connectivity index (χ2n) is 5.14. The maximum Gasteiger partial charge on any atom is 0.237 e. The summed E-state index contributed by atoms with van der Waals surface area (Å²) in [6.07, 6.45) is 2.69. The Balaban J connectivity index is 0.00000242. The van der Waals surface area contributed by atoms with Crippen LogP contribution in [0.25, 0.3) is 11.0 Å². The Hall–Kier alpha value is -0.950. The fourth-order valence-corrected chi connectivity index (χ4v) is 2.80. The molecule has 8 heteroatoms. The van der Waals surface area contributed by atoms with Crippen LogP contribution in [0.2, 0.25) is 0 Å². The SMILES string of the molecule is CSCC[C@H](N)C(=O)NC(C)c1nc2ccccc2n1C.Cl.Cl. The molecule has 0 spiro atoms. The number of nitrogens with two attached hydrogens (primary N) is 1. The number of nitrogens with one attached hydrogen (secondary N) is 1. The van der Waals surface area contributed by atoms with Gasteiger partial charge in [0.05, 0.1) is 23.1 Å². The monoisotopic (exact) mass is 378 g/mol. The first kappa shape index (κ1) is 22.1. The van der Waals surface area contributed by atoms with Gasteiger partial charge in [-0.25, -0.2) is 4.98 Å². The Bertz CT molecular complexity index is 635. The molecule has 3 N–H and O–H groups in total. The lowest BCUT2D eigenvalue weighted by Crippen LogP contribution is -2.42. The molecule has 23 heavy (non-hydrogen) atoms. The summed E-state index contributed by atoms with van der Waals surface area (Å²) in [7, 11) is 1.96. The van der Waals surface area contributed by atoms with Crippen molar-refractivity contribution in [1.82, 2.24) is 14.9 Å². The molecular formula is C15H24Cl2N4OS. The Kier molecular flexibility index (Phi) is 9.61. The van der Waals surface area contributed by atoms with E-state index >= 15 is 0 Å². The third-order valence-electron chi connectivity index (χ3n) is 3.54. The topological polar surface area (TPSA) is 72.9 Å². The van der Waals surface area contributed by atoms with Gasteiger partial charge < -0.3 is 15.6 Å². The Morgan fingerprint density at radius 1 is 1.39 bits per heavy atom. The van der Waals surface area contributed by atoms with Crippen LogP contribution in [-0.4, -0.2) is 33.5 Å². The molecule has 0 saturated carbocycles. The van der Waals surface area contributed by atoms with Crippen LogP contribution in [0.5, 0.6) is 0 Å². The van der Waals surface area contributed by atoms with Crippen LogP contribution in [-0.2, 0) is 11.8 Å². The molecule has 1 unspecified atom stereocenters. The number of nitrogens with zero attached hydrogens (tertiary/aromatic N) is 2. The van der Waals surface area contributed by atoms with Crippen LogP contribution in [0.1, 0.15) is 25.2 Å². The van der Waals surface area contributed by atoms with Crippen molar-refractivity contribution in [3.8, 4) is 0 Å². The molecule has 1 heterocycles. The molecule has 0 radical (unpaired) electrons. The number of hydrogen-bond donors (Lipinski definition) is 2. The average Bonchev–Trinajstić information content (AvgIpc) is 2.82. The van der Waals surface area contributed by atoms with Crippen LogP contribution in [0.3, 0.4) is 0 Å². The van der Waals surface area contributed by atoms with Crippen molar-refractivity contribution in [2.75, 3.05) is 12.0 Å². The number of thioether (sulfide) groups is 1. The molecule has 1 aromatic heterocycles. The molecule has 5 nitrogen and oxygen atoms in total. The highest BCUT2D eigenvalue weighted by atomic mass is 35.5. The first-order valence-corrected chi connectivity index (χ1v) is 8.40. The van der Waals surface area contributed by atoms with Crippen LogP contribution in [0.15, 0.2) is 24.3 Å². The molecule has 2 atom stereocenters. The predicted octanol–water partition coefficient (Wildman–Crippen LogP) is 2.67. The van der Waals surface area contributed by atoms with Crippen molar-refractivity contribution in [3.63, 3.8) is 0 Å². The van der Waals surface area contributed by atoms with E-state index < -0.39 is 6.04 Å². The van der Waals surface area contributed by atoms with Crippen LogP contribution >= 0.6 is 36.6 Å². The summed E-state index contributed by atoms with van der Waals surface area (Å²) in [6, 6.07) is 7.29. The molecule has 1 amide bonds. The standard InChI is InChI=1S/C15H22N4OS.2ClH/c1-10(17-15(20)11(16)8-9-21-3)14-18-12-6-4-5-7-13(12)19(14)2;;/h4-7,10-11H,8-9,16H2,1-3H3,(H,17,20);2*1H/t10?,11-;;/m0../s1. The molecular weight excluding hydrogens is 355 g/mol. The minimum Gasteiger partial charge on any atom is -0.345 e. The number of para-hydroxylation sites is 2. The van der Waals surface area contributed by atoms with Gasteiger partial charge in [0.15, 0.2) is 0 Å². The van der Waals surface area contributed by atoms with Gasteiger partial charge in [-0.3, -0.25) is 4.79 Å². The highest BCUT2D eigenvalue weighted by Gasteiger charge is 2.19. The van der Waals surface area contributed by atoms with E-state index in [1.165, 1.54) is 0 Å². The minimum absolute atomic E-state index is 0. The predicted molar refractivity (Wildman–Crippen MR) is 103 cm³/mol. The molecule has 0 saturated heterocycles. The van der Waals surface area contributed by atoms with Gasteiger partial charge in [-0.15, -0.1) is 24.8 Å². The van der Waals surface area contributed by atoms with Crippen molar-refractivity contribution in [2.45, 2.75) is 25.4 Å². The largest absolute Gasteiger partial charge is 0.345 e. The fourth-order valence-electron chi connectivity index (χ4n) is 2.31. The zero-order valence-corrected chi connectivity index (χ0v) is 15.9. The number of hydrogen-bond acceptors (Lipinski definition) is 4. The summed E-state index contributed by atoms with van der Waals surface area (Å²) in [5, 5.41) is 2.95. The van der Waals surface area contributed by atoms with E-state index in [9.17, 15) is 4.79 Å². The van der Waals surface area contributed by atoms with Gasteiger partial charge in [0, 0.05) is 7.05 Å². The normalized spacial score (nSPS) is 12.9. The number of aryl methyl sites for hydroxylation is 1. The van der Waals surface area contributed by atoms with E-state index in [0.29, 0.717) is 6.42 Å². The lowest BCUT2D eigenvalue weighted by molar-refractivity contribution is -0.123. The second-order valence-corrected chi connectivity index (χ2v) is 6.12. The lowest BCUT2D eigenvalue weighted by atomic mass is 10.2. The number of carbonyl (C=O) groups is 1. The summed E-state index contributed by atoms with van der Waals surface area (Å²) in [4.78, 5) is 16.7. The molecule has 1 aromatic carbocycles. The van der Waals surface area contributed by atoms with Gasteiger partial charge in [0.25, 0.3) is 0 Å². The molecule has 0 aliphatic carbocycles. The molecule has 0 bridgehead atoms. The third-order valence-corrected chi connectivity index (χ3v) is 4.18. The van der Waals surface area contributed by atoms with E-state index in [1.54, 1.807) is 11.8 Å². The first-order valence-electron chi connectivity index (χ1n) is 7.00. The number of rotatable bonds is 6.